The number of benzene rings is 1. The minimum atomic E-state index is -4.12. The molecule has 5 nitrogen and oxygen atoms in total. The predicted molar refractivity (Wildman–Crippen MR) is 95.9 cm³/mol. The molecule has 0 aliphatic carbocycles. The van der Waals surface area contributed by atoms with Crippen molar-refractivity contribution in [2.75, 3.05) is 19.0 Å². The molecule has 0 saturated carbocycles. The van der Waals surface area contributed by atoms with Crippen molar-refractivity contribution in [3.8, 4) is 5.75 Å². The van der Waals surface area contributed by atoms with Gasteiger partial charge in [0.05, 0.1) is 12.7 Å². The third-order valence-electron chi connectivity index (χ3n) is 3.63. The maximum absolute atomic E-state index is 11.4. The molecule has 0 heterocycles. The van der Waals surface area contributed by atoms with Crippen LogP contribution in [0.3, 0.4) is 0 Å². The van der Waals surface area contributed by atoms with Crippen molar-refractivity contribution in [1.29, 1.82) is 0 Å². The summed E-state index contributed by atoms with van der Waals surface area (Å²) >= 11 is 0. The molecule has 0 fully saturated rings. The van der Waals surface area contributed by atoms with Crippen LogP contribution in [0.15, 0.2) is 30.3 Å². The molecule has 1 unspecified atom stereocenters. The summed E-state index contributed by atoms with van der Waals surface area (Å²) in [5.74, 6) is 0.322. The van der Waals surface area contributed by atoms with Gasteiger partial charge in [-0.3, -0.25) is 4.55 Å². The van der Waals surface area contributed by atoms with E-state index in [0.717, 1.165) is 12.2 Å². The summed E-state index contributed by atoms with van der Waals surface area (Å²) in [6, 6.07) is 9.35. The first-order valence-corrected chi connectivity index (χ1v) is 9.75. The molecule has 0 aliphatic heterocycles. The number of rotatable bonds is 9. The van der Waals surface area contributed by atoms with Crippen molar-refractivity contribution >= 4 is 10.1 Å². The molecule has 138 valence electrons. The van der Waals surface area contributed by atoms with Crippen molar-refractivity contribution in [2.45, 2.75) is 47.1 Å². The topological polar surface area (TPSA) is 72.8 Å². The first-order chi connectivity index (χ1) is 10.9. The quantitative estimate of drug-likeness (QED) is 0.537. The van der Waals surface area contributed by atoms with Crippen molar-refractivity contribution in [3.05, 3.63) is 30.3 Å². The van der Waals surface area contributed by atoms with Crippen molar-refractivity contribution in [1.82, 2.24) is 0 Å². The molecule has 0 aromatic heterocycles. The van der Waals surface area contributed by atoms with Crippen LogP contribution < -0.4 is 4.74 Å². The molecule has 6 heteroatoms. The lowest BCUT2D eigenvalue weighted by Gasteiger charge is -2.38. The van der Waals surface area contributed by atoms with Gasteiger partial charge in [0.15, 0.2) is 0 Å². The molecule has 0 spiro atoms. The van der Waals surface area contributed by atoms with Crippen LogP contribution in [0.2, 0.25) is 0 Å². The van der Waals surface area contributed by atoms with Gasteiger partial charge < -0.3 is 9.47 Å². The van der Waals surface area contributed by atoms with E-state index in [1.807, 2.05) is 44.2 Å². The fourth-order valence-electron chi connectivity index (χ4n) is 3.04. The molecule has 1 N–H and O–H groups in total. The molecule has 1 aromatic rings. The number of ether oxygens (including phenoxy) is 2. The van der Waals surface area contributed by atoms with Crippen LogP contribution in [0, 0.1) is 10.8 Å². The van der Waals surface area contributed by atoms with Crippen molar-refractivity contribution in [2.24, 2.45) is 10.8 Å². The van der Waals surface area contributed by atoms with Gasteiger partial charge in [0.25, 0.3) is 10.1 Å². The Morgan fingerprint density at radius 2 is 1.62 bits per heavy atom. The Bertz CT molecular complexity index is 588. The Labute approximate surface area is 146 Å². The van der Waals surface area contributed by atoms with Gasteiger partial charge in [-0.05, 0) is 29.4 Å². The molecular formula is C18H30O5S. The van der Waals surface area contributed by atoms with E-state index in [4.69, 9.17) is 9.47 Å². The molecule has 0 radical (unpaired) electrons. The highest BCUT2D eigenvalue weighted by molar-refractivity contribution is 7.85. The summed E-state index contributed by atoms with van der Waals surface area (Å²) in [4.78, 5) is 0. The fourth-order valence-corrected chi connectivity index (χ4v) is 3.97. The minimum absolute atomic E-state index is 0.0187. The number of hydrogen-bond acceptors (Lipinski definition) is 4. The van der Waals surface area contributed by atoms with E-state index < -0.39 is 27.4 Å². The van der Waals surface area contributed by atoms with E-state index in [1.54, 1.807) is 0 Å². The maximum Gasteiger partial charge on any atom is 0.267 e. The van der Waals surface area contributed by atoms with Crippen LogP contribution in [0.1, 0.15) is 41.0 Å². The van der Waals surface area contributed by atoms with Gasteiger partial charge in [0.1, 0.15) is 18.1 Å². The predicted octanol–water partition coefficient (Wildman–Crippen LogP) is 3.80. The summed E-state index contributed by atoms with van der Waals surface area (Å²) in [5.41, 5.74) is -0.383. The summed E-state index contributed by atoms with van der Waals surface area (Å²) < 4.78 is 43.3. The van der Waals surface area contributed by atoms with E-state index in [-0.39, 0.29) is 12.0 Å². The Morgan fingerprint density at radius 3 is 2.12 bits per heavy atom. The van der Waals surface area contributed by atoms with Crippen LogP contribution in [-0.4, -0.2) is 38.0 Å². The van der Waals surface area contributed by atoms with Gasteiger partial charge in [-0.2, -0.15) is 8.42 Å². The first kappa shape index (κ1) is 20.9. The van der Waals surface area contributed by atoms with Crippen LogP contribution in [0.25, 0.3) is 0 Å². The highest BCUT2D eigenvalue weighted by Crippen LogP contribution is 2.37. The monoisotopic (exact) mass is 358 g/mol. The second-order valence-electron chi connectivity index (χ2n) is 8.00. The van der Waals surface area contributed by atoms with Crippen LogP contribution >= 0.6 is 0 Å². The smallest absolute Gasteiger partial charge is 0.267 e. The molecule has 24 heavy (non-hydrogen) atoms. The summed E-state index contributed by atoms with van der Waals surface area (Å²) in [6.45, 7) is 10.8. The van der Waals surface area contributed by atoms with E-state index >= 15 is 0 Å². The maximum atomic E-state index is 11.4. The summed E-state index contributed by atoms with van der Waals surface area (Å²) in [5, 5.41) is 0. The van der Waals surface area contributed by atoms with Crippen molar-refractivity contribution in [3.63, 3.8) is 0 Å². The molecule has 1 aromatic carbocycles. The Hall–Kier alpha value is -1.11. The highest BCUT2D eigenvalue weighted by Gasteiger charge is 2.36. The first-order valence-electron chi connectivity index (χ1n) is 8.14. The van der Waals surface area contributed by atoms with E-state index in [2.05, 4.69) is 20.8 Å². The van der Waals surface area contributed by atoms with E-state index in [9.17, 15) is 13.0 Å². The minimum Gasteiger partial charge on any atom is -0.491 e. The SMILES string of the molecule is CC(C)(C)CC(C)(C)C(CS(=O)(=O)O)OCCOc1ccccc1. The number of hydrogen-bond donors (Lipinski definition) is 1. The van der Waals surface area contributed by atoms with Gasteiger partial charge in [0.2, 0.25) is 0 Å². The summed E-state index contributed by atoms with van der Waals surface area (Å²) in [6.07, 6.45) is 0.158. The third kappa shape index (κ3) is 8.66. The van der Waals surface area contributed by atoms with Gasteiger partial charge >= 0.3 is 0 Å². The van der Waals surface area contributed by atoms with E-state index in [1.165, 1.54) is 0 Å². The molecule has 0 bridgehead atoms. The Kier molecular flexibility index (Phi) is 7.25. The second-order valence-corrected chi connectivity index (χ2v) is 9.49. The average molecular weight is 359 g/mol. The van der Waals surface area contributed by atoms with Crippen molar-refractivity contribution < 1.29 is 22.4 Å². The average Bonchev–Trinajstić information content (AvgIpc) is 2.39. The zero-order chi connectivity index (χ0) is 18.4. The lowest BCUT2D eigenvalue weighted by molar-refractivity contribution is -0.0376. The fraction of sp³-hybridized carbons (Fsp3) is 0.667. The van der Waals surface area contributed by atoms with Crippen LogP contribution in [0.4, 0.5) is 0 Å². The molecule has 1 atom stereocenters. The number of para-hydroxylation sites is 1. The molecule has 0 saturated heterocycles. The molecule has 0 amide bonds. The Morgan fingerprint density at radius 1 is 1.04 bits per heavy atom. The Balaban J connectivity index is 2.65. The molecular weight excluding hydrogens is 328 g/mol. The lowest BCUT2D eigenvalue weighted by Crippen LogP contribution is -2.41. The van der Waals surface area contributed by atoms with E-state index in [0.29, 0.717) is 6.61 Å². The lowest BCUT2D eigenvalue weighted by atomic mass is 9.73. The molecule has 1 rings (SSSR count). The van der Waals surface area contributed by atoms with Gasteiger partial charge in [-0.1, -0.05) is 52.8 Å². The standard InChI is InChI=1S/C18H30O5S/c1-17(2,3)14-18(4,5)16(13-24(19,20)21)23-12-11-22-15-9-7-6-8-10-15/h6-10,16H,11-14H2,1-5H3,(H,19,20,21). The largest absolute Gasteiger partial charge is 0.491 e. The zero-order valence-corrected chi connectivity index (χ0v) is 16.1. The zero-order valence-electron chi connectivity index (χ0n) is 15.3. The van der Waals surface area contributed by atoms with Gasteiger partial charge in [-0.15, -0.1) is 0 Å². The van der Waals surface area contributed by atoms with Crippen LogP contribution in [0.5, 0.6) is 5.75 Å². The second kappa shape index (κ2) is 8.32. The van der Waals surface area contributed by atoms with Crippen LogP contribution in [-0.2, 0) is 14.9 Å². The summed E-state index contributed by atoms with van der Waals surface area (Å²) in [7, 11) is -4.12. The molecule has 0 aliphatic rings. The normalized spacial score (nSPS) is 14.4. The highest BCUT2D eigenvalue weighted by atomic mass is 32.2. The third-order valence-corrected chi connectivity index (χ3v) is 4.36. The van der Waals surface area contributed by atoms with Gasteiger partial charge in [0, 0.05) is 0 Å². The van der Waals surface area contributed by atoms with Gasteiger partial charge in [-0.25, -0.2) is 0 Å².